The molecule has 0 amide bonds. The Labute approximate surface area is 125 Å². The average molecular weight is 291 g/mol. The normalized spacial score (nSPS) is 10.9. The Balaban J connectivity index is 1.93. The molecular weight excluding hydrogens is 269 g/mol. The summed E-state index contributed by atoms with van der Waals surface area (Å²) in [5.41, 5.74) is 3.11. The molecule has 2 rings (SSSR count). The van der Waals surface area contributed by atoms with Gasteiger partial charge in [-0.1, -0.05) is 6.07 Å². The average Bonchev–Trinajstić information content (AvgIpc) is 2.79. The first-order chi connectivity index (χ1) is 10.1. The maximum atomic E-state index is 13.1. The highest BCUT2D eigenvalue weighted by Crippen LogP contribution is 2.12. The van der Waals surface area contributed by atoms with E-state index in [1.807, 2.05) is 26.1 Å². The number of halogens is 1. The number of hydrogen-bond acceptors (Lipinski definition) is 3. The van der Waals surface area contributed by atoms with Gasteiger partial charge in [0.2, 0.25) is 5.95 Å². The molecule has 2 aromatic rings. The van der Waals surface area contributed by atoms with Gasteiger partial charge in [-0.2, -0.15) is 0 Å². The summed E-state index contributed by atoms with van der Waals surface area (Å²) in [7, 11) is 1.69. The van der Waals surface area contributed by atoms with Crippen molar-refractivity contribution in [3.05, 3.63) is 47.0 Å². The van der Waals surface area contributed by atoms with Crippen molar-refractivity contribution in [3.63, 3.8) is 0 Å². The van der Waals surface area contributed by atoms with Gasteiger partial charge in [-0.25, -0.2) is 9.37 Å². The number of hydrogen-bond donors (Lipinski definition) is 1. The first-order valence-corrected chi connectivity index (χ1v) is 7.11. The Morgan fingerprint density at radius 2 is 2.14 bits per heavy atom. The number of rotatable bonds is 7. The second-order valence-electron chi connectivity index (χ2n) is 5.14. The van der Waals surface area contributed by atoms with Crippen LogP contribution < -0.4 is 5.32 Å². The molecule has 0 spiro atoms. The number of ether oxygens (including phenoxy) is 1. The van der Waals surface area contributed by atoms with Crippen LogP contribution in [0.1, 0.15) is 16.8 Å². The summed E-state index contributed by atoms with van der Waals surface area (Å²) < 4.78 is 20.2. The largest absolute Gasteiger partial charge is 0.383 e. The van der Waals surface area contributed by atoms with Gasteiger partial charge in [-0.05, 0) is 43.5 Å². The number of nitrogens with one attached hydrogen (secondary N) is 1. The summed E-state index contributed by atoms with van der Waals surface area (Å²) in [6.07, 6.45) is 2.84. The first-order valence-electron chi connectivity index (χ1n) is 7.11. The quantitative estimate of drug-likeness (QED) is 0.852. The van der Waals surface area contributed by atoms with Crippen molar-refractivity contribution in [2.45, 2.75) is 26.8 Å². The van der Waals surface area contributed by atoms with Crippen molar-refractivity contribution >= 4 is 5.95 Å². The second kappa shape index (κ2) is 7.22. The zero-order valence-corrected chi connectivity index (χ0v) is 12.8. The monoisotopic (exact) mass is 291 g/mol. The fourth-order valence-electron chi connectivity index (χ4n) is 2.30. The van der Waals surface area contributed by atoms with E-state index in [1.165, 1.54) is 6.07 Å². The molecule has 1 heterocycles. The highest BCUT2D eigenvalue weighted by molar-refractivity contribution is 5.31. The summed E-state index contributed by atoms with van der Waals surface area (Å²) in [4.78, 5) is 4.47. The number of methoxy groups -OCH3 is 1. The third-order valence-corrected chi connectivity index (χ3v) is 3.42. The highest BCUT2D eigenvalue weighted by Gasteiger charge is 2.05. The van der Waals surface area contributed by atoms with Gasteiger partial charge in [-0.3, -0.25) is 0 Å². The molecule has 1 aromatic heterocycles. The van der Waals surface area contributed by atoms with E-state index in [0.717, 1.165) is 42.3 Å². The lowest BCUT2D eigenvalue weighted by Gasteiger charge is -2.10. The number of imidazole rings is 1. The van der Waals surface area contributed by atoms with E-state index in [0.29, 0.717) is 6.61 Å². The summed E-state index contributed by atoms with van der Waals surface area (Å²) in [6, 6.07) is 4.92. The second-order valence-corrected chi connectivity index (χ2v) is 5.14. The molecule has 0 unspecified atom stereocenters. The molecule has 0 saturated heterocycles. The van der Waals surface area contributed by atoms with Crippen LogP contribution >= 0.6 is 0 Å². The van der Waals surface area contributed by atoms with Crippen LogP contribution in [0, 0.1) is 19.7 Å². The molecule has 0 atom stereocenters. The Kier molecular flexibility index (Phi) is 5.33. The molecule has 4 nitrogen and oxygen atoms in total. The maximum absolute atomic E-state index is 13.1. The fourth-order valence-corrected chi connectivity index (χ4v) is 2.30. The minimum Gasteiger partial charge on any atom is -0.383 e. The number of aryl methyl sites for hydroxylation is 2. The van der Waals surface area contributed by atoms with Crippen molar-refractivity contribution in [2.24, 2.45) is 0 Å². The SMILES string of the molecule is COCCn1cc(C)nc1NCCc1ccc(F)cc1C. The van der Waals surface area contributed by atoms with Gasteiger partial charge in [0.05, 0.1) is 12.3 Å². The first kappa shape index (κ1) is 15.5. The summed E-state index contributed by atoms with van der Waals surface area (Å²) in [5, 5.41) is 3.34. The lowest BCUT2D eigenvalue weighted by atomic mass is 10.1. The molecule has 5 heteroatoms. The number of aromatic nitrogens is 2. The minimum absolute atomic E-state index is 0.185. The van der Waals surface area contributed by atoms with Crippen LogP contribution in [-0.4, -0.2) is 29.8 Å². The van der Waals surface area contributed by atoms with Crippen molar-refractivity contribution in [1.29, 1.82) is 0 Å². The molecule has 0 aliphatic heterocycles. The predicted octanol–water partition coefficient (Wildman–Crippen LogP) is 2.94. The van der Waals surface area contributed by atoms with Gasteiger partial charge >= 0.3 is 0 Å². The summed E-state index contributed by atoms with van der Waals surface area (Å²) in [6.45, 7) is 6.09. The standard InChI is InChI=1S/C16H22FN3O/c1-12-10-15(17)5-4-14(12)6-7-18-16-19-13(2)11-20(16)8-9-21-3/h4-5,10-11H,6-9H2,1-3H3,(H,18,19). The number of anilines is 1. The van der Waals surface area contributed by atoms with Crippen LogP contribution in [0.15, 0.2) is 24.4 Å². The Morgan fingerprint density at radius 1 is 1.33 bits per heavy atom. The van der Waals surface area contributed by atoms with Crippen molar-refractivity contribution in [2.75, 3.05) is 25.6 Å². The lowest BCUT2D eigenvalue weighted by molar-refractivity contribution is 0.187. The van der Waals surface area contributed by atoms with Crippen LogP contribution in [-0.2, 0) is 17.7 Å². The molecule has 0 radical (unpaired) electrons. The third kappa shape index (κ3) is 4.29. The molecule has 114 valence electrons. The Morgan fingerprint density at radius 3 is 2.86 bits per heavy atom. The van der Waals surface area contributed by atoms with Gasteiger partial charge in [0.25, 0.3) is 0 Å². The third-order valence-electron chi connectivity index (χ3n) is 3.42. The van der Waals surface area contributed by atoms with E-state index < -0.39 is 0 Å². The fraction of sp³-hybridized carbons (Fsp3) is 0.438. The van der Waals surface area contributed by atoms with Crippen LogP contribution in [0.25, 0.3) is 0 Å². The summed E-state index contributed by atoms with van der Waals surface area (Å²) >= 11 is 0. The van der Waals surface area contributed by atoms with Gasteiger partial charge in [0.1, 0.15) is 5.82 Å². The Bertz CT molecular complexity index is 595. The molecule has 0 bridgehead atoms. The maximum Gasteiger partial charge on any atom is 0.203 e. The topological polar surface area (TPSA) is 39.1 Å². The van der Waals surface area contributed by atoms with E-state index >= 15 is 0 Å². The molecule has 1 N–H and O–H groups in total. The van der Waals surface area contributed by atoms with Crippen LogP contribution in [0.3, 0.4) is 0 Å². The molecular formula is C16H22FN3O. The minimum atomic E-state index is -0.185. The van der Waals surface area contributed by atoms with E-state index in [9.17, 15) is 4.39 Å². The van der Waals surface area contributed by atoms with E-state index in [4.69, 9.17) is 4.74 Å². The van der Waals surface area contributed by atoms with Crippen LogP contribution in [0.5, 0.6) is 0 Å². The van der Waals surface area contributed by atoms with E-state index in [1.54, 1.807) is 13.2 Å². The van der Waals surface area contributed by atoms with Gasteiger partial charge in [0, 0.05) is 26.4 Å². The highest BCUT2D eigenvalue weighted by atomic mass is 19.1. The predicted molar refractivity (Wildman–Crippen MR) is 82.2 cm³/mol. The van der Waals surface area contributed by atoms with Crippen molar-refractivity contribution in [3.8, 4) is 0 Å². The van der Waals surface area contributed by atoms with Crippen LogP contribution in [0.2, 0.25) is 0 Å². The smallest absolute Gasteiger partial charge is 0.203 e. The Hall–Kier alpha value is -1.88. The van der Waals surface area contributed by atoms with Gasteiger partial charge < -0.3 is 14.6 Å². The lowest BCUT2D eigenvalue weighted by Crippen LogP contribution is -2.12. The molecule has 21 heavy (non-hydrogen) atoms. The molecule has 0 saturated carbocycles. The molecule has 1 aromatic carbocycles. The van der Waals surface area contributed by atoms with E-state index in [-0.39, 0.29) is 5.82 Å². The van der Waals surface area contributed by atoms with Crippen LogP contribution in [0.4, 0.5) is 10.3 Å². The zero-order valence-electron chi connectivity index (χ0n) is 12.8. The molecule has 0 fully saturated rings. The van der Waals surface area contributed by atoms with Gasteiger partial charge in [-0.15, -0.1) is 0 Å². The molecule has 0 aliphatic rings. The summed E-state index contributed by atoms with van der Waals surface area (Å²) in [5.74, 6) is 0.666. The number of benzene rings is 1. The molecule has 0 aliphatic carbocycles. The van der Waals surface area contributed by atoms with Crippen molar-refractivity contribution < 1.29 is 9.13 Å². The van der Waals surface area contributed by atoms with Crippen molar-refractivity contribution in [1.82, 2.24) is 9.55 Å². The number of nitrogens with zero attached hydrogens (tertiary/aromatic N) is 2. The zero-order chi connectivity index (χ0) is 15.2. The van der Waals surface area contributed by atoms with E-state index in [2.05, 4.69) is 14.9 Å². The van der Waals surface area contributed by atoms with Gasteiger partial charge in [0.15, 0.2) is 0 Å².